The molecule has 3 heterocycles. The zero-order chi connectivity index (χ0) is 22.7. The predicted molar refractivity (Wildman–Crippen MR) is 113 cm³/mol. The van der Waals surface area contributed by atoms with Crippen LogP contribution in [0.3, 0.4) is 0 Å². The quantitative estimate of drug-likeness (QED) is 0.301. The van der Waals surface area contributed by atoms with E-state index in [0.29, 0.717) is 17.7 Å². The van der Waals surface area contributed by atoms with Gasteiger partial charge in [-0.3, -0.25) is 19.5 Å². The monoisotopic (exact) mass is 455 g/mol. The van der Waals surface area contributed by atoms with Gasteiger partial charge in [-0.1, -0.05) is 29.4 Å². The van der Waals surface area contributed by atoms with Crippen LogP contribution in [0.5, 0.6) is 0 Å². The van der Waals surface area contributed by atoms with Crippen LogP contribution in [0.15, 0.2) is 65.4 Å². The van der Waals surface area contributed by atoms with Crippen molar-refractivity contribution in [1.29, 1.82) is 0 Å². The van der Waals surface area contributed by atoms with Gasteiger partial charge >= 0.3 is 0 Å². The highest BCUT2D eigenvalue weighted by Crippen LogP contribution is 2.30. The van der Waals surface area contributed by atoms with Gasteiger partial charge in [0.2, 0.25) is 0 Å². The van der Waals surface area contributed by atoms with Gasteiger partial charge in [0.1, 0.15) is 5.56 Å². The molecule has 1 atom stereocenters. The Hall–Kier alpha value is -3.30. The average molecular weight is 455 g/mol. The first kappa shape index (κ1) is 21.9. The molecule has 3 aromatic heterocycles. The van der Waals surface area contributed by atoms with Gasteiger partial charge in [0.05, 0.1) is 17.6 Å². The number of aryl methyl sites for hydroxylation is 1. The van der Waals surface area contributed by atoms with Gasteiger partial charge in [-0.25, -0.2) is 4.57 Å². The number of phosphoric acid groups is 1. The second kappa shape index (κ2) is 9.05. The first-order valence-corrected chi connectivity index (χ1v) is 11.2. The number of anilines is 1. The van der Waals surface area contributed by atoms with Gasteiger partial charge in [-0.05, 0) is 29.3 Å². The molecular weight excluding hydrogens is 433 g/mol. The number of nitrogens with zero attached hydrogens (tertiary/aromatic N) is 4. The number of hydrogen-bond acceptors (Lipinski definition) is 7. The van der Waals surface area contributed by atoms with Gasteiger partial charge in [-0.15, -0.1) is 0 Å². The lowest BCUT2D eigenvalue weighted by Crippen LogP contribution is -2.38. The Morgan fingerprint density at radius 3 is 2.50 bits per heavy atom. The summed E-state index contributed by atoms with van der Waals surface area (Å²) in [6.45, 7) is -0.456. The normalized spacial score (nSPS) is 13.2. The summed E-state index contributed by atoms with van der Waals surface area (Å²) in [4.78, 5) is 19.6. The predicted octanol–water partition coefficient (Wildman–Crippen LogP) is 1.56. The Balaban J connectivity index is 1.44. The zero-order valence-corrected chi connectivity index (χ0v) is 18.2. The minimum Gasteiger partial charge on any atom is -0.756 e. The topological polar surface area (TPSA) is 143 Å². The summed E-state index contributed by atoms with van der Waals surface area (Å²) in [5.74, 6) is 0.649. The Kier molecular flexibility index (Phi) is 6.20. The van der Waals surface area contributed by atoms with Crippen LogP contribution < -0.4 is 15.2 Å². The molecule has 0 aliphatic heterocycles. The van der Waals surface area contributed by atoms with Crippen molar-refractivity contribution in [3.8, 4) is 11.3 Å². The fraction of sp³-hybridized carbons (Fsp3) is 0.190. The smallest absolute Gasteiger partial charge is 0.285 e. The second-order valence-electron chi connectivity index (χ2n) is 7.34. The van der Waals surface area contributed by atoms with Gasteiger partial charge < -0.3 is 14.3 Å². The summed E-state index contributed by atoms with van der Waals surface area (Å²) in [5, 5.41) is 8.52. The highest BCUT2D eigenvalue weighted by Gasteiger charge is 2.18. The van der Waals surface area contributed by atoms with Crippen LogP contribution in [0.25, 0.3) is 11.3 Å². The van der Waals surface area contributed by atoms with E-state index in [1.165, 1.54) is 16.3 Å². The van der Waals surface area contributed by atoms with Crippen molar-refractivity contribution in [1.82, 2.24) is 14.9 Å². The number of phosphoric ester groups is 1. The molecule has 10 nitrogen and oxygen atoms in total. The molecule has 0 saturated carbocycles. The molecule has 0 bridgehead atoms. The molecule has 166 valence electrons. The maximum atomic E-state index is 10.8. The average Bonchev–Trinajstić information content (AvgIpc) is 3.37. The largest absolute Gasteiger partial charge is 0.756 e. The third-order valence-corrected chi connectivity index (χ3v) is 5.30. The molecule has 4 aromatic rings. The number of nitrogens with two attached hydrogens (primary N) is 1. The van der Waals surface area contributed by atoms with Gasteiger partial charge in [0.25, 0.3) is 13.6 Å². The molecule has 0 aliphatic rings. The van der Waals surface area contributed by atoms with Gasteiger partial charge in [-0.2, -0.15) is 5.10 Å². The molecule has 0 aliphatic carbocycles. The molecule has 1 aromatic carbocycles. The minimum atomic E-state index is -4.86. The summed E-state index contributed by atoms with van der Waals surface area (Å²) in [5.41, 5.74) is 10.6. The van der Waals surface area contributed by atoms with Crippen molar-refractivity contribution >= 4 is 13.6 Å². The number of nitrogen functional groups attached to an aromatic ring is 1. The van der Waals surface area contributed by atoms with Crippen LogP contribution in [0.4, 0.5) is 5.82 Å². The number of benzene rings is 1. The van der Waals surface area contributed by atoms with Crippen molar-refractivity contribution in [2.45, 2.75) is 19.6 Å². The molecule has 3 N–H and O–H groups in total. The van der Waals surface area contributed by atoms with E-state index in [9.17, 15) is 9.46 Å². The van der Waals surface area contributed by atoms with E-state index in [0.717, 1.165) is 23.4 Å². The summed E-state index contributed by atoms with van der Waals surface area (Å²) in [6, 6.07) is 15.4. The zero-order valence-electron chi connectivity index (χ0n) is 17.3. The molecule has 1 unspecified atom stereocenters. The Morgan fingerprint density at radius 1 is 1.19 bits per heavy atom. The van der Waals surface area contributed by atoms with Crippen LogP contribution in [0.2, 0.25) is 0 Å². The number of pyridine rings is 1. The molecule has 32 heavy (non-hydrogen) atoms. The fourth-order valence-electron chi connectivity index (χ4n) is 3.29. The lowest BCUT2D eigenvalue weighted by atomic mass is 10.0. The molecular formula is C21H22N5O5P. The third kappa shape index (κ3) is 5.49. The van der Waals surface area contributed by atoms with Crippen molar-refractivity contribution in [2.24, 2.45) is 7.05 Å². The maximum absolute atomic E-state index is 10.8. The van der Waals surface area contributed by atoms with Gasteiger partial charge in [0, 0.05) is 32.2 Å². The van der Waals surface area contributed by atoms with E-state index in [2.05, 4.69) is 26.9 Å². The Morgan fingerprint density at radius 2 is 1.88 bits per heavy atom. The first-order chi connectivity index (χ1) is 15.3. The van der Waals surface area contributed by atoms with E-state index in [-0.39, 0.29) is 5.82 Å². The van der Waals surface area contributed by atoms with E-state index in [1.807, 2.05) is 31.4 Å². The molecule has 0 spiro atoms. The molecule has 4 rings (SSSR count). The van der Waals surface area contributed by atoms with Crippen LogP contribution >= 0.6 is 7.82 Å². The SMILES string of the molecule is Cn1ccc(Cc2ccc(Cc3cc(-c4ccc[n+](COP(=O)([O-])O)c4N)on3)cc2)n1. The van der Waals surface area contributed by atoms with E-state index < -0.39 is 14.6 Å². The van der Waals surface area contributed by atoms with Gasteiger partial charge in [0.15, 0.2) is 12.5 Å². The third-order valence-electron chi connectivity index (χ3n) is 4.86. The fourth-order valence-corrected chi connectivity index (χ4v) is 3.56. The summed E-state index contributed by atoms with van der Waals surface area (Å²) in [7, 11) is -2.96. The Bertz CT molecular complexity index is 1260. The van der Waals surface area contributed by atoms with Crippen LogP contribution in [-0.2, 0) is 35.7 Å². The molecule has 0 radical (unpaired) electrons. The standard InChI is InChI=1S/C21H22N5O5P/c1-25-10-8-17(23-25)11-15-4-6-16(7-5-15)12-18-13-20(31-24-18)19-3-2-9-26(21(19)22)14-30-32(27,28)29/h2-10,13,22H,11-12,14H2,1H3,(H2,27,28,29). The van der Waals surface area contributed by atoms with Crippen LogP contribution in [-0.4, -0.2) is 19.8 Å². The van der Waals surface area contributed by atoms with Crippen molar-refractivity contribution in [2.75, 3.05) is 5.73 Å². The number of aromatic nitrogens is 4. The second-order valence-corrected chi connectivity index (χ2v) is 8.53. The first-order valence-electron chi connectivity index (χ1n) is 9.75. The highest BCUT2D eigenvalue weighted by molar-refractivity contribution is 7.44. The summed E-state index contributed by atoms with van der Waals surface area (Å²) >= 11 is 0. The molecule has 11 heteroatoms. The molecule has 0 amide bonds. The molecule has 0 saturated heterocycles. The van der Waals surface area contributed by atoms with Crippen molar-refractivity contribution in [3.63, 3.8) is 0 Å². The highest BCUT2D eigenvalue weighted by atomic mass is 31.2. The summed E-state index contributed by atoms with van der Waals surface area (Å²) in [6.07, 6.45) is 4.80. The summed E-state index contributed by atoms with van der Waals surface area (Å²) < 4.78 is 23.8. The number of rotatable bonds is 8. The maximum Gasteiger partial charge on any atom is 0.285 e. The van der Waals surface area contributed by atoms with Crippen LogP contribution in [0, 0.1) is 0 Å². The minimum absolute atomic E-state index is 0.211. The van der Waals surface area contributed by atoms with E-state index in [4.69, 9.17) is 15.2 Å². The number of hydrogen-bond donors (Lipinski definition) is 2. The lowest BCUT2D eigenvalue weighted by Gasteiger charge is -2.14. The van der Waals surface area contributed by atoms with Crippen LogP contribution in [0.1, 0.15) is 22.5 Å². The van der Waals surface area contributed by atoms with Crippen molar-refractivity contribution in [3.05, 3.63) is 83.4 Å². The van der Waals surface area contributed by atoms with Crippen molar-refractivity contribution < 1.29 is 28.0 Å². The van der Waals surface area contributed by atoms with E-state index in [1.54, 1.807) is 22.9 Å². The Labute approximate surface area is 184 Å². The van der Waals surface area contributed by atoms with E-state index >= 15 is 0 Å². The lowest BCUT2D eigenvalue weighted by molar-refractivity contribution is -0.712. The molecule has 0 fully saturated rings.